The number of amides is 1. The Hall–Kier alpha value is -3.42. The lowest BCUT2D eigenvalue weighted by molar-refractivity contribution is 0.102. The van der Waals surface area contributed by atoms with Crippen LogP contribution in [0.2, 0.25) is 0 Å². The fraction of sp³-hybridized carbons (Fsp3) is 0.115. The molecule has 0 saturated carbocycles. The van der Waals surface area contributed by atoms with Crippen LogP contribution in [0.5, 0.6) is 0 Å². The van der Waals surface area contributed by atoms with Gasteiger partial charge < -0.3 is 5.32 Å². The van der Waals surface area contributed by atoms with Crippen LogP contribution in [-0.4, -0.2) is 20.9 Å². The van der Waals surface area contributed by atoms with Crippen LogP contribution in [-0.2, 0) is 16.4 Å². The van der Waals surface area contributed by atoms with E-state index in [0.29, 0.717) is 27.7 Å². The zero-order valence-corrected chi connectivity index (χ0v) is 19.4. The van der Waals surface area contributed by atoms with Crippen molar-refractivity contribution in [1.82, 2.24) is 0 Å². The Labute approximate surface area is 197 Å². The molecule has 0 aliphatic carbocycles. The number of hydrogen-bond acceptors (Lipinski definition) is 4. The van der Waals surface area contributed by atoms with Crippen LogP contribution < -0.4 is 9.62 Å². The van der Waals surface area contributed by atoms with Crippen molar-refractivity contribution in [2.75, 3.05) is 16.2 Å². The van der Waals surface area contributed by atoms with Gasteiger partial charge in [-0.2, -0.15) is 0 Å². The Bertz CT molecular complexity index is 1380. The molecular weight excluding hydrogens is 452 g/mol. The van der Waals surface area contributed by atoms with Crippen molar-refractivity contribution in [3.05, 3.63) is 101 Å². The molecule has 33 heavy (non-hydrogen) atoms. The molecule has 3 aromatic carbocycles. The summed E-state index contributed by atoms with van der Waals surface area (Å²) in [5.74, 6) is -0.238. The number of sulfonamides is 1. The number of anilines is 2. The van der Waals surface area contributed by atoms with Crippen LogP contribution >= 0.6 is 11.3 Å². The molecule has 1 aromatic heterocycles. The number of fused-ring (bicyclic) bond motifs is 1. The normalized spacial score (nSPS) is 13.4. The summed E-state index contributed by atoms with van der Waals surface area (Å²) in [5, 5.41) is 4.68. The third kappa shape index (κ3) is 4.29. The summed E-state index contributed by atoms with van der Waals surface area (Å²) in [5.41, 5.74) is 4.83. The standard InChI is InChI=1S/C26H22N2O3S2/c29-26(22-12-10-20(11-13-22)19-6-2-1-3-7-19)27-23-15-14-21-8-4-16-28(24(21)18-23)33(30,31)25-9-5-17-32-25/h1-3,5-7,9-15,17-18H,4,8,16H2,(H,27,29). The second-order valence-corrected chi connectivity index (χ2v) is 10.9. The fourth-order valence-electron chi connectivity index (χ4n) is 4.04. The number of aryl methyl sites for hydroxylation is 1. The lowest BCUT2D eigenvalue weighted by atomic mass is 10.0. The van der Waals surface area contributed by atoms with Gasteiger partial charge in [-0.05, 0) is 65.2 Å². The van der Waals surface area contributed by atoms with Crippen molar-refractivity contribution in [1.29, 1.82) is 0 Å². The van der Waals surface area contributed by atoms with Crippen LogP contribution in [0.1, 0.15) is 22.3 Å². The molecule has 0 atom stereocenters. The van der Waals surface area contributed by atoms with E-state index in [9.17, 15) is 13.2 Å². The van der Waals surface area contributed by atoms with E-state index in [1.165, 1.54) is 15.6 Å². The molecule has 5 rings (SSSR count). The van der Waals surface area contributed by atoms with Gasteiger partial charge in [0.05, 0.1) is 5.69 Å². The van der Waals surface area contributed by atoms with Gasteiger partial charge in [0.2, 0.25) is 0 Å². The van der Waals surface area contributed by atoms with Crippen molar-refractivity contribution in [2.45, 2.75) is 17.1 Å². The Morgan fingerprint density at radius 3 is 2.36 bits per heavy atom. The molecule has 0 spiro atoms. The molecule has 0 bridgehead atoms. The van der Waals surface area contributed by atoms with E-state index < -0.39 is 10.0 Å². The van der Waals surface area contributed by atoms with Gasteiger partial charge in [0, 0.05) is 17.8 Å². The van der Waals surface area contributed by atoms with Crippen LogP contribution in [0, 0.1) is 0 Å². The van der Waals surface area contributed by atoms with Crippen LogP contribution in [0.3, 0.4) is 0 Å². The molecule has 0 saturated heterocycles. The van der Waals surface area contributed by atoms with Gasteiger partial charge in [-0.3, -0.25) is 9.10 Å². The van der Waals surface area contributed by atoms with Gasteiger partial charge in [-0.1, -0.05) is 54.6 Å². The lowest BCUT2D eigenvalue weighted by Crippen LogP contribution is -2.35. The molecular formula is C26H22N2O3S2. The van der Waals surface area contributed by atoms with Gasteiger partial charge in [0.25, 0.3) is 15.9 Å². The molecule has 1 N–H and O–H groups in total. The number of thiophene rings is 1. The SMILES string of the molecule is O=C(Nc1ccc2c(c1)N(S(=O)(=O)c1cccs1)CCC2)c1ccc(-c2ccccc2)cc1. The van der Waals surface area contributed by atoms with E-state index >= 15 is 0 Å². The van der Waals surface area contributed by atoms with Crippen LogP contribution in [0.4, 0.5) is 11.4 Å². The second-order valence-electron chi connectivity index (χ2n) is 7.85. The van der Waals surface area contributed by atoms with E-state index in [0.717, 1.165) is 29.5 Å². The summed E-state index contributed by atoms with van der Waals surface area (Å²) < 4.78 is 28.1. The highest BCUT2D eigenvalue weighted by atomic mass is 32.2. The number of carbonyl (C=O) groups excluding carboxylic acids is 1. The average molecular weight is 475 g/mol. The smallest absolute Gasteiger partial charge is 0.273 e. The summed E-state index contributed by atoms with van der Waals surface area (Å²) in [6.07, 6.45) is 1.57. The summed E-state index contributed by atoms with van der Waals surface area (Å²) in [6.45, 7) is 0.422. The van der Waals surface area contributed by atoms with E-state index in [4.69, 9.17) is 0 Å². The van der Waals surface area contributed by atoms with Crippen molar-refractivity contribution < 1.29 is 13.2 Å². The topological polar surface area (TPSA) is 66.5 Å². The zero-order chi connectivity index (χ0) is 22.8. The Kier molecular flexibility index (Phi) is 5.74. The van der Waals surface area contributed by atoms with Crippen molar-refractivity contribution in [3.8, 4) is 11.1 Å². The van der Waals surface area contributed by atoms with Gasteiger partial charge in [0.1, 0.15) is 4.21 Å². The first kappa shape index (κ1) is 21.4. The predicted octanol–water partition coefficient (Wildman–Crippen LogP) is 5.81. The van der Waals surface area contributed by atoms with Crippen LogP contribution in [0.25, 0.3) is 11.1 Å². The maximum Gasteiger partial charge on any atom is 0.273 e. The summed E-state index contributed by atoms with van der Waals surface area (Å²) in [4.78, 5) is 12.9. The highest BCUT2D eigenvalue weighted by Crippen LogP contribution is 2.35. The van der Waals surface area contributed by atoms with Gasteiger partial charge in [-0.15, -0.1) is 11.3 Å². The first-order valence-electron chi connectivity index (χ1n) is 10.7. The first-order valence-corrected chi connectivity index (χ1v) is 13.0. The third-order valence-electron chi connectivity index (χ3n) is 5.71. The summed E-state index contributed by atoms with van der Waals surface area (Å²) in [7, 11) is -3.62. The maximum atomic E-state index is 13.2. The van der Waals surface area contributed by atoms with E-state index in [1.54, 1.807) is 35.7 Å². The van der Waals surface area contributed by atoms with Gasteiger partial charge >= 0.3 is 0 Å². The van der Waals surface area contributed by atoms with E-state index in [1.807, 2.05) is 54.6 Å². The average Bonchev–Trinajstić information content (AvgIpc) is 3.40. The molecule has 1 aliphatic rings. The first-order chi connectivity index (χ1) is 16.0. The zero-order valence-electron chi connectivity index (χ0n) is 17.8. The second kappa shape index (κ2) is 8.84. The quantitative estimate of drug-likeness (QED) is 0.397. The molecule has 4 aromatic rings. The van der Waals surface area contributed by atoms with E-state index in [2.05, 4.69) is 5.32 Å². The van der Waals surface area contributed by atoms with Gasteiger partial charge in [0.15, 0.2) is 0 Å². The number of benzene rings is 3. The molecule has 1 aliphatic heterocycles. The number of rotatable bonds is 5. The lowest BCUT2D eigenvalue weighted by Gasteiger charge is -2.30. The number of nitrogens with zero attached hydrogens (tertiary/aromatic N) is 1. The van der Waals surface area contributed by atoms with Crippen molar-refractivity contribution >= 4 is 38.6 Å². The van der Waals surface area contributed by atoms with Crippen molar-refractivity contribution in [2.24, 2.45) is 0 Å². The molecule has 0 radical (unpaired) electrons. The molecule has 0 fully saturated rings. The Morgan fingerprint density at radius 1 is 0.879 bits per heavy atom. The highest BCUT2D eigenvalue weighted by molar-refractivity contribution is 7.94. The molecule has 1 amide bonds. The minimum absolute atomic E-state index is 0.238. The monoisotopic (exact) mass is 474 g/mol. The fourth-order valence-corrected chi connectivity index (χ4v) is 6.67. The highest BCUT2D eigenvalue weighted by Gasteiger charge is 2.30. The molecule has 5 nitrogen and oxygen atoms in total. The largest absolute Gasteiger partial charge is 0.322 e. The maximum absolute atomic E-state index is 13.2. The summed E-state index contributed by atoms with van der Waals surface area (Å²) >= 11 is 1.21. The third-order valence-corrected chi connectivity index (χ3v) is 8.90. The molecule has 166 valence electrons. The minimum Gasteiger partial charge on any atom is -0.322 e. The van der Waals surface area contributed by atoms with Crippen LogP contribution in [0.15, 0.2) is 94.5 Å². The predicted molar refractivity (Wildman–Crippen MR) is 133 cm³/mol. The minimum atomic E-state index is -3.62. The Morgan fingerprint density at radius 2 is 1.64 bits per heavy atom. The number of hydrogen-bond donors (Lipinski definition) is 1. The number of nitrogens with one attached hydrogen (secondary N) is 1. The molecule has 2 heterocycles. The molecule has 7 heteroatoms. The molecule has 0 unspecified atom stereocenters. The summed E-state index contributed by atoms with van der Waals surface area (Å²) in [6, 6.07) is 26.3. The number of carbonyl (C=O) groups is 1. The van der Waals surface area contributed by atoms with Gasteiger partial charge in [-0.25, -0.2) is 8.42 Å². The Balaban J connectivity index is 1.38. The van der Waals surface area contributed by atoms with E-state index in [-0.39, 0.29) is 5.91 Å². The van der Waals surface area contributed by atoms with Crippen molar-refractivity contribution in [3.63, 3.8) is 0 Å².